The molecule has 2 rings (SSSR count). The van der Waals surface area contributed by atoms with E-state index in [1.807, 2.05) is 6.07 Å². The van der Waals surface area contributed by atoms with Crippen molar-refractivity contribution in [3.63, 3.8) is 0 Å². The van der Waals surface area contributed by atoms with Gasteiger partial charge in [-0.05, 0) is 43.7 Å². The Labute approximate surface area is 166 Å². The van der Waals surface area contributed by atoms with Gasteiger partial charge in [0.15, 0.2) is 0 Å². The zero-order valence-corrected chi connectivity index (χ0v) is 16.4. The Bertz CT molecular complexity index is 1090. The number of rotatable bonds is 5. The molecule has 9 heteroatoms. The van der Waals surface area contributed by atoms with Crippen LogP contribution in [0.15, 0.2) is 29.1 Å². The predicted molar refractivity (Wildman–Crippen MR) is 103 cm³/mol. The summed E-state index contributed by atoms with van der Waals surface area (Å²) in [6, 6.07) is 7.43. The molecule has 0 aliphatic carbocycles. The number of anilines is 1. The van der Waals surface area contributed by atoms with E-state index in [1.165, 1.54) is 32.4 Å². The number of carbonyl (C=O) groups is 3. The highest BCUT2D eigenvalue weighted by molar-refractivity contribution is 6.03. The third-order valence-electron chi connectivity index (χ3n) is 4.24. The molecule has 150 valence electrons. The van der Waals surface area contributed by atoms with Crippen molar-refractivity contribution >= 4 is 23.5 Å². The minimum Gasteiger partial charge on any atom is -0.465 e. The summed E-state index contributed by atoms with van der Waals surface area (Å²) in [4.78, 5) is 48.8. The van der Waals surface area contributed by atoms with E-state index in [0.717, 1.165) is 4.57 Å². The van der Waals surface area contributed by atoms with E-state index in [-0.39, 0.29) is 28.9 Å². The van der Waals surface area contributed by atoms with Crippen LogP contribution < -0.4 is 10.9 Å². The average molecular weight is 397 g/mol. The third-order valence-corrected chi connectivity index (χ3v) is 4.24. The van der Waals surface area contributed by atoms with Crippen molar-refractivity contribution in [2.24, 2.45) is 0 Å². The summed E-state index contributed by atoms with van der Waals surface area (Å²) in [5.41, 5.74) is 0.555. The van der Waals surface area contributed by atoms with Gasteiger partial charge in [-0.2, -0.15) is 5.26 Å². The molecule has 0 saturated carbocycles. The number of methoxy groups -OCH3 is 2. The summed E-state index contributed by atoms with van der Waals surface area (Å²) in [6.45, 7) is 2.89. The molecule has 9 nitrogen and oxygen atoms in total. The highest BCUT2D eigenvalue weighted by Crippen LogP contribution is 2.20. The molecule has 1 N–H and O–H groups in total. The number of nitrogens with one attached hydrogen (secondary N) is 1. The fourth-order valence-electron chi connectivity index (χ4n) is 2.77. The summed E-state index contributed by atoms with van der Waals surface area (Å²) in [6.07, 6.45) is 0. The number of esters is 2. The van der Waals surface area contributed by atoms with Crippen molar-refractivity contribution in [2.45, 2.75) is 20.4 Å². The van der Waals surface area contributed by atoms with Gasteiger partial charge in [-0.1, -0.05) is 0 Å². The van der Waals surface area contributed by atoms with Gasteiger partial charge in [0.25, 0.3) is 5.56 Å². The molecule has 0 unspecified atom stereocenters. The summed E-state index contributed by atoms with van der Waals surface area (Å²) < 4.78 is 10.5. The highest BCUT2D eigenvalue weighted by atomic mass is 16.5. The van der Waals surface area contributed by atoms with E-state index in [1.54, 1.807) is 19.9 Å². The van der Waals surface area contributed by atoms with E-state index < -0.39 is 23.4 Å². The number of benzene rings is 1. The molecule has 0 saturated heterocycles. The Morgan fingerprint density at radius 3 is 2.34 bits per heavy atom. The zero-order valence-electron chi connectivity index (χ0n) is 16.4. The number of hydrogen-bond donors (Lipinski definition) is 1. The van der Waals surface area contributed by atoms with Crippen LogP contribution in [0.2, 0.25) is 0 Å². The Hall–Kier alpha value is -3.93. The van der Waals surface area contributed by atoms with Gasteiger partial charge in [0, 0.05) is 5.69 Å². The van der Waals surface area contributed by atoms with Crippen molar-refractivity contribution in [1.29, 1.82) is 5.26 Å². The quantitative estimate of drug-likeness (QED) is 0.758. The van der Waals surface area contributed by atoms with Crippen LogP contribution in [-0.2, 0) is 20.8 Å². The van der Waals surface area contributed by atoms with Crippen LogP contribution in [0.5, 0.6) is 0 Å². The Morgan fingerprint density at radius 1 is 1.10 bits per heavy atom. The standard InChI is InChI=1S/C20H19N3O6/c1-11-7-12(2)23(18(25)15(11)9-21)10-17(24)22-16-8-13(19(26)28-3)5-6-14(16)20(27)29-4/h5-8H,10H2,1-4H3,(H,22,24). The first kappa shape index (κ1) is 21.4. The van der Waals surface area contributed by atoms with Gasteiger partial charge in [0.1, 0.15) is 18.2 Å². The van der Waals surface area contributed by atoms with Crippen molar-refractivity contribution in [1.82, 2.24) is 4.57 Å². The van der Waals surface area contributed by atoms with E-state index >= 15 is 0 Å². The number of nitriles is 1. The predicted octanol–water partition coefficient (Wildman–Crippen LogP) is 1.55. The first-order valence-electron chi connectivity index (χ1n) is 8.45. The molecule has 0 radical (unpaired) electrons. The maximum atomic E-state index is 12.6. The van der Waals surface area contributed by atoms with E-state index in [2.05, 4.69) is 14.8 Å². The molecule has 2 aromatic rings. The maximum absolute atomic E-state index is 12.6. The van der Waals surface area contributed by atoms with E-state index in [9.17, 15) is 19.2 Å². The molecule has 1 aromatic heterocycles. The van der Waals surface area contributed by atoms with Crippen molar-refractivity contribution in [3.8, 4) is 6.07 Å². The molecule has 1 heterocycles. The molecule has 0 fully saturated rings. The zero-order chi connectivity index (χ0) is 21.7. The lowest BCUT2D eigenvalue weighted by Gasteiger charge is -2.14. The monoisotopic (exact) mass is 397 g/mol. The van der Waals surface area contributed by atoms with Crippen LogP contribution in [0.3, 0.4) is 0 Å². The fraction of sp³-hybridized carbons (Fsp3) is 0.250. The molecular formula is C20H19N3O6. The Balaban J connectivity index is 2.40. The van der Waals surface area contributed by atoms with Gasteiger partial charge >= 0.3 is 11.9 Å². The third kappa shape index (κ3) is 4.50. The minimum absolute atomic E-state index is 0.0270. The highest BCUT2D eigenvalue weighted by Gasteiger charge is 2.19. The minimum atomic E-state index is -0.716. The topological polar surface area (TPSA) is 127 Å². The molecule has 1 aromatic carbocycles. The summed E-state index contributed by atoms with van der Waals surface area (Å²) in [7, 11) is 2.38. The number of aryl methyl sites for hydroxylation is 2. The molecule has 29 heavy (non-hydrogen) atoms. The van der Waals surface area contributed by atoms with Gasteiger partial charge in [-0.15, -0.1) is 0 Å². The van der Waals surface area contributed by atoms with E-state index in [4.69, 9.17) is 5.26 Å². The molecule has 0 bridgehead atoms. The fourth-order valence-corrected chi connectivity index (χ4v) is 2.77. The van der Waals surface area contributed by atoms with Crippen molar-refractivity contribution in [3.05, 3.63) is 62.6 Å². The largest absolute Gasteiger partial charge is 0.465 e. The lowest BCUT2D eigenvalue weighted by atomic mass is 10.1. The lowest BCUT2D eigenvalue weighted by Crippen LogP contribution is -2.31. The van der Waals surface area contributed by atoms with Gasteiger partial charge in [-0.25, -0.2) is 9.59 Å². The van der Waals surface area contributed by atoms with Gasteiger partial charge in [0.2, 0.25) is 5.91 Å². The van der Waals surface area contributed by atoms with Gasteiger partial charge < -0.3 is 19.4 Å². The van der Waals surface area contributed by atoms with E-state index in [0.29, 0.717) is 11.3 Å². The molecule has 0 aliphatic rings. The Kier molecular flexibility index (Phi) is 6.51. The molecule has 0 aliphatic heterocycles. The first-order valence-corrected chi connectivity index (χ1v) is 8.45. The van der Waals surface area contributed by atoms with Gasteiger partial charge in [0.05, 0.1) is 31.0 Å². The first-order chi connectivity index (χ1) is 13.7. The number of pyridine rings is 1. The Morgan fingerprint density at radius 2 is 1.76 bits per heavy atom. The summed E-state index contributed by atoms with van der Waals surface area (Å²) in [5, 5.41) is 11.7. The van der Waals surface area contributed by atoms with Crippen LogP contribution in [-0.4, -0.2) is 36.6 Å². The summed E-state index contributed by atoms with van der Waals surface area (Å²) in [5.74, 6) is -2.00. The number of aromatic nitrogens is 1. The molecule has 0 atom stereocenters. The SMILES string of the molecule is COC(=O)c1ccc(C(=O)OC)c(NC(=O)Cn2c(C)cc(C)c(C#N)c2=O)c1. The number of amides is 1. The average Bonchev–Trinajstić information content (AvgIpc) is 2.70. The van der Waals surface area contributed by atoms with Crippen molar-refractivity contribution in [2.75, 3.05) is 19.5 Å². The number of nitrogens with zero attached hydrogens (tertiary/aromatic N) is 2. The second-order valence-corrected chi connectivity index (χ2v) is 6.14. The van der Waals surface area contributed by atoms with Crippen molar-refractivity contribution < 1.29 is 23.9 Å². The second-order valence-electron chi connectivity index (χ2n) is 6.14. The maximum Gasteiger partial charge on any atom is 0.339 e. The van der Waals surface area contributed by atoms with Crippen LogP contribution in [0, 0.1) is 25.2 Å². The smallest absolute Gasteiger partial charge is 0.339 e. The number of ether oxygens (including phenoxy) is 2. The summed E-state index contributed by atoms with van der Waals surface area (Å²) >= 11 is 0. The van der Waals surface area contributed by atoms with Crippen LogP contribution in [0.4, 0.5) is 5.69 Å². The second kappa shape index (κ2) is 8.84. The van der Waals surface area contributed by atoms with Gasteiger partial charge in [-0.3, -0.25) is 9.59 Å². The van der Waals surface area contributed by atoms with Crippen LogP contribution in [0.25, 0.3) is 0 Å². The van der Waals surface area contributed by atoms with Crippen LogP contribution in [0.1, 0.15) is 37.5 Å². The van der Waals surface area contributed by atoms with Crippen LogP contribution >= 0.6 is 0 Å². The molecular weight excluding hydrogens is 378 g/mol. The lowest BCUT2D eigenvalue weighted by molar-refractivity contribution is -0.116. The number of carbonyl (C=O) groups excluding carboxylic acids is 3. The number of hydrogen-bond acceptors (Lipinski definition) is 7. The molecule has 0 spiro atoms. The normalized spacial score (nSPS) is 10.0. The molecule has 1 amide bonds.